The monoisotopic (exact) mass is 460 g/mol. The fraction of sp³-hybridized carbons (Fsp3) is 0.346. The molecule has 2 aromatic heterocycles. The molecule has 0 unspecified atom stereocenters. The minimum absolute atomic E-state index is 0.175. The van der Waals surface area contributed by atoms with E-state index >= 15 is 4.39 Å². The van der Waals surface area contributed by atoms with Crippen molar-refractivity contribution in [3.05, 3.63) is 65.0 Å². The first-order valence-corrected chi connectivity index (χ1v) is 11.7. The molecule has 2 aliphatic rings. The highest BCUT2D eigenvalue weighted by Gasteiger charge is 2.37. The third-order valence-electron chi connectivity index (χ3n) is 6.96. The maximum Gasteiger partial charge on any atom is 0.345 e. The molecule has 0 spiro atoms. The standard InChI is InChI=1S/C26H25FN4O3/c1-29-26(33)31(15-16-8-10-30(14-16)25(32)17-2-3-17)24(28-29)20-4-6-21(22(27)13-20)18-5-7-23-19(12-18)9-11-34-23/h4-7,9,11-13,16-17H,2-3,8,10,14-15H2,1H3/t16-/m1/s1. The molecule has 0 N–H and O–H groups in total. The highest BCUT2D eigenvalue weighted by atomic mass is 19.1. The van der Waals surface area contributed by atoms with Gasteiger partial charge >= 0.3 is 5.69 Å². The van der Waals surface area contributed by atoms with Crippen LogP contribution < -0.4 is 5.69 Å². The number of likely N-dealkylation sites (tertiary alicyclic amines) is 1. The van der Waals surface area contributed by atoms with E-state index in [0.717, 1.165) is 42.3 Å². The molecule has 2 fully saturated rings. The Labute approximate surface area is 195 Å². The molecular formula is C26H25FN4O3. The summed E-state index contributed by atoms with van der Waals surface area (Å²) in [5.74, 6) is 0.676. The van der Waals surface area contributed by atoms with E-state index in [4.69, 9.17) is 4.42 Å². The molecule has 8 heteroatoms. The Balaban J connectivity index is 1.28. The lowest BCUT2D eigenvalue weighted by atomic mass is 10.0. The summed E-state index contributed by atoms with van der Waals surface area (Å²) in [5.41, 5.74) is 2.29. The number of aryl methyl sites for hydroxylation is 1. The molecule has 4 aromatic rings. The minimum atomic E-state index is -0.382. The number of aromatic nitrogens is 3. The van der Waals surface area contributed by atoms with Gasteiger partial charge in [-0.1, -0.05) is 18.2 Å². The van der Waals surface area contributed by atoms with Gasteiger partial charge in [0, 0.05) is 49.1 Å². The number of amides is 1. The third kappa shape index (κ3) is 3.63. The first kappa shape index (κ1) is 20.9. The normalized spacial score (nSPS) is 18.2. The van der Waals surface area contributed by atoms with Gasteiger partial charge in [-0.15, -0.1) is 5.10 Å². The van der Waals surface area contributed by atoms with Gasteiger partial charge in [0.2, 0.25) is 5.91 Å². The Morgan fingerprint density at radius 1 is 1.12 bits per heavy atom. The van der Waals surface area contributed by atoms with Gasteiger partial charge < -0.3 is 9.32 Å². The van der Waals surface area contributed by atoms with Crippen LogP contribution in [0, 0.1) is 17.7 Å². The van der Waals surface area contributed by atoms with Crippen LogP contribution in [0.3, 0.4) is 0 Å². The van der Waals surface area contributed by atoms with E-state index < -0.39 is 0 Å². The molecule has 1 saturated heterocycles. The van der Waals surface area contributed by atoms with Crippen molar-refractivity contribution < 1.29 is 13.6 Å². The lowest BCUT2D eigenvalue weighted by Gasteiger charge is -2.16. The average Bonchev–Trinajstić information content (AvgIpc) is 3.28. The van der Waals surface area contributed by atoms with Crippen molar-refractivity contribution >= 4 is 16.9 Å². The number of hydrogen-bond acceptors (Lipinski definition) is 4. The van der Waals surface area contributed by atoms with Crippen LogP contribution in [0.5, 0.6) is 0 Å². The number of halogens is 1. The summed E-state index contributed by atoms with van der Waals surface area (Å²) >= 11 is 0. The number of rotatable bonds is 5. The Morgan fingerprint density at radius 3 is 2.74 bits per heavy atom. The van der Waals surface area contributed by atoms with Gasteiger partial charge in [0.1, 0.15) is 11.4 Å². The Kier molecular flexibility index (Phi) is 4.90. The van der Waals surface area contributed by atoms with E-state index in [-0.39, 0.29) is 29.2 Å². The van der Waals surface area contributed by atoms with Crippen molar-refractivity contribution in [1.82, 2.24) is 19.2 Å². The maximum absolute atomic E-state index is 15.2. The van der Waals surface area contributed by atoms with E-state index in [1.54, 1.807) is 30.0 Å². The molecule has 7 nitrogen and oxygen atoms in total. The lowest BCUT2D eigenvalue weighted by Crippen LogP contribution is -2.31. The Morgan fingerprint density at radius 2 is 1.94 bits per heavy atom. The maximum atomic E-state index is 15.2. The predicted octanol–water partition coefficient (Wildman–Crippen LogP) is 4.06. The number of carbonyl (C=O) groups excluding carboxylic acids is 1. The van der Waals surface area contributed by atoms with Crippen LogP contribution in [0.1, 0.15) is 19.3 Å². The summed E-state index contributed by atoms with van der Waals surface area (Å²) in [6.07, 6.45) is 4.44. The fourth-order valence-electron chi connectivity index (χ4n) is 4.93. The zero-order valence-corrected chi connectivity index (χ0v) is 18.9. The van der Waals surface area contributed by atoms with E-state index in [0.29, 0.717) is 30.0 Å². The average molecular weight is 461 g/mol. The summed E-state index contributed by atoms with van der Waals surface area (Å²) in [4.78, 5) is 27.2. The van der Waals surface area contributed by atoms with Gasteiger partial charge in [-0.05, 0) is 55.0 Å². The van der Waals surface area contributed by atoms with Gasteiger partial charge in [-0.2, -0.15) is 0 Å². The van der Waals surface area contributed by atoms with Crippen molar-refractivity contribution in [2.24, 2.45) is 18.9 Å². The van der Waals surface area contributed by atoms with Crippen molar-refractivity contribution in [1.29, 1.82) is 0 Å². The van der Waals surface area contributed by atoms with Crippen molar-refractivity contribution in [2.75, 3.05) is 13.1 Å². The summed E-state index contributed by atoms with van der Waals surface area (Å²) in [5, 5.41) is 5.31. The molecule has 1 aliphatic carbocycles. The third-order valence-corrected chi connectivity index (χ3v) is 6.96. The summed E-state index contributed by atoms with van der Waals surface area (Å²) in [7, 11) is 1.60. The smallest absolute Gasteiger partial charge is 0.345 e. The van der Waals surface area contributed by atoms with Crippen LogP contribution in [-0.4, -0.2) is 38.2 Å². The van der Waals surface area contributed by atoms with Crippen molar-refractivity contribution in [3.8, 4) is 22.5 Å². The van der Waals surface area contributed by atoms with Gasteiger partial charge in [0.05, 0.1) is 6.26 Å². The molecule has 1 atom stereocenters. The molecule has 1 aliphatic heterocycles. The number of benzene rings is 2. The Bertz CT molecular complexity index is 1460. The molecule has 174 valence electrons. The van der Waals surface area contributed by atoms with Crippen molar-refractivity contribution in [3.63, 3.8) is 0 Å². The summed E-state index contributed by atoms with van der Waals surface area (Å²) in [6, 6.07) is 12.4. The molecule has 2 aromatic carbocycles. The van der Waals surface area contributed by atoms with Crippen LogP contribution in [0.25, 0.3) is 33.5 Å². The number of nitrogens with zero attached hydrogens (tertiary/aromatic N) is 4. The molecule has 3 heterocycles. The van der Waals surface area contributed by atoms with Crippen molar-refractivity contribution in [2.45, 2.75) is 25.8 Å². The molecular weight excluding hydrogens is 435 g/mol. The topological polar surface area (TPSA) is 73.3 Å². The van der Waals surface area contributed by atoms with Crippen LogP contribution in [-0.2, 0) is 18.4 Å². The van der Waals surface area contributed by atoms with Crippen LogP contribution in [0.15, 0.2) is 57.9 Å². The first-order valence-electron chi connectivity index (χ1n) is 11.7. The zero-order chi connectivity index (χ0) is 23.4. The van der Waals surface area contributed by atoms with Gasteiger partial charge in [0.15, 0.2) is 5.82 Å². The summed E-state index contributed by atoms with van der Waals surface area (Å²) < 4.78 is 23.5. The van der Waals surface area contributed by atoms with E-state index in [2.05, 4.69) is 5.10 Å². The second kappa shape index (κ2) is 7.97. The SMILES string of the molecule is Cn1nc(-c2ccc(-c3ccc4occc4c3)c(F)c2)n(C[C@@H]2CCN(C(=O)C3CC3)C2)c1=O. The molecule has 0 radical (unpaired) electrons. The number of carbonyl (C=O) groups is 1. The van der Waals surface area contributed by atoms with Gasteiger partial charge in [-0.3, -0.25) is 9.36 Å². The summed E-state index contributed by atoms with van der Waals surface area (Å²) in [6.45, 7) is 1.84. The molecule has 1 saturated carbocycles. The number of furan rings is 1. The van der Waals surface area contributed by atoms with E-state index in [1.807, 2.05) is 29.2 Å². The van der Waals surface area contributed by atoms with E-state index in [9.17, 15) is 9.59 Å². The number of fused-ring (bicyclic) bond motifs is 1. The molecule has 6 rings (SSSR count). The highest BCUT2D eigenvalue weighted by molar-refractivity contribution is 5.84. The minimum Gasteiger partial charge on any atom is -0.464 e. The number of hydrogen-bond donors (Lipinski definition) is 0. The van der Waals surface area contributed by atoms with Gasteiger partial charge in [-0.25, -0.2) is 13.9 Å². The predicted molar refractivity (Wildman–Crippen MR) is 125 cm³/mol. The fourth-order valence-corrected chi connectivity index (χ4v) is 4.93. The van der Waals surface area contributed by atoms with E-state index in [1.165, 1.54) is 10.7 Å². The van der Waals surface area contributed by atoms with Gasteiger partial charge in [0.25, 0.3) is 0 Å². The van der Waals surface area contributed by atoms with Crippen LogP contribution in [0.2, 0.25) is 0 Å². The zero-order valence-electron chi connectivity index (χ0n) is 18.9. The second-order valence-corrected chi connectivity index (χ2v) is 9.42. The van der Waals surface area contributed by atoms with Crippen LogP contribution in [0.4, 0.5) is 4.39 Å². The van der Waals surface area contributed by atoms with Crippen LogP contribution >= 0.6 is 0 Å². The first-order chi connectivity index (χ1) is 16.5. The Hall–Kier alpha value is -3.68. The quantitative estimate of drug-likeness (QED) is 0.450. The molecule has 0 bridgehead atoms. The lowest BCUT2D eigenvalue weighted by molar-refractivity contribution is -0.131. The largest absolute Gasteiger partial charge is 0.464 e. The molecule has 34 heavy (non-hydrogen) atoms. The highest BCUT2D eigenvalue weighted by Crippen LogP contribution is 2.34. The molecule has 1 amide bonds. The second-order valence-electron chi connectivity index (χ2n) is 9.42.